The maximum absolute atomic E-state index is 12.0. The van der Waals surface area contributed by atoms with Crippen LogP contribution in [-0.2, 0) is 23.3 Å². The van der Waals surface area contributed by atoms with Crippen molar-refractivity contribution < 1.29 is 37.9 Å². The summed E-state index contributed by atoms with van der Waals surface area (Å²) in [6.07, 6.45) is 2.55. The molecule has 0 spiro atoms. The molecule has 0 aliphatic carbocycles. The number of nitrogens with one attached hydrogen (secondary N) is 2. The van der Waals surface area contributed by atoms with Crippen molar-refractivity contribution in [1.82, 2.24) is 24.8 Å². The third-order valence-corrected chi connectivity index (χ3v) is 6.21. The van der Waals surface area contributed by atoms with Crippen molar-refractivity contribution in [3.63, 3.8) is 0 Å². The Balaban J connectivity index is 0.00000210. The Kier molecular flexibility index (Phi) is 11.7. The van der Waals surface area contributed by atoms with Crippen LogP contribution in [0, 0.1) is 0 Å². The number of benzene rings is 1. The summed E-state index contributed by atoms with van der Waals surface area (Å²) in [5, 5.41) is 5.25. The number of hydrogen-bond donors (Lipinski definition) is 4. The second kappa shape index (κ2) is 14.1. The molecule has 5 atom stereocenters. The van der Waals surface area contributed by atoms with Gasteiger partial charge in [-0.05, 0) is 18.6 Å². The maximum Gasteiger partial charge on any atom is 0.469 e. The van der Waals surface area contributed by atoms with Crippen molar-refractivity contribution in [3.8, 4) is 0 Å². The Morgan fingerprint density at radius 1 is 1.13 bits per heavy atom. The summed E-state index contributed by atoms with van der Waals surface area (Å²) < 4.78 is 35.9. The van der Waals surface area contributed by atoms with Crippen LogP contribution in [0.15, 0.2) is 49.1 Å². The molecule has 3 aromatic rings. The van der Waals surface area contributed by atoms with Gasteiger partial charge < -0.3 is 29.3 Å². The number of ether oxygens (including phenoxy) is 3. The molecule has 0 saturated carbocycles. The molecule has 14 nitrogen and oxygen atoms in total. The summed E-state index contributed by atoms with van der Waals surface area (Å²) in [5.41, 5.74) is 1.63. The van der Waals surface area contributed by atoms with E-state index >= 15 is 0 Å². The van der Waals surface area contributed by atoms with E-state index in [4.69, 9.17) is 18.7 Å². The average molecular weight is 578 g/mol. The van der Waals surface area contributed by atoms with E-state index in [1.54, 1.807) is 17.6 Å². The Labute approximate surface area is 267 Å². The fourth-order valence-corrected chi connectivity index (χ4v) is 4.52. The van der Waals surface area contributed by atoms with Gasteiger partial charge in [0.2, 0.25) is 0 Å². The number of nitrogens with zero attached hydrogens (tertiary/aromatic N) is 4. The summed E-state index contributed by atoms with van der Waals surface area (Å²) >= 11 is 0. The molecule has 2 fully saturated rings. The molecule has 2 aliphatic rings. The number of hydrogen-bond acceptors (Lipinski definition) is 9. The summed E-state index contributed by atoms with van der Waals surface area (Å²) in [6.45, 7) is 1.80. The number of phosphoric ester groups is 1. The number of carbonyl (C=O) groups excluding carboxylic acids is 1. The van der Waals surface area contributed by atoms with Crippen LogP contribution < -0.4 is 10.6 Å². The molecule has 2 amide bonds. The van der Waals surface area contributed by atoms with E-state index < -0.39 is 51.3 Å². The number of rotatable bonds is 8. The van der Waals surface area contributed by atoms with Crippen molar-refractivity contribution >= 4 is 96.0 Å². The van der Waals surface area contributed by atoms with Crippen molar-refractivity contribution in [2.75, 3.05) is 18.5 Å². The van der Waals surface area contributed by atoms with Gasteiger partial charge in [-0.25, -0.2) is 24.3 Å². The Bertz CT molecular complexity index is 1340. The van der Waals surface area contributed by atoms with Gasteiger partial charge in [0.15, 0.2) is 29.5 Å². The monoisotopic (exact) mass is 578 g/mol. The molecule has 0 bridgehead atoms. The zero-order chi connectivity index (χ0) is 26.0. The summed E-state index contributed by atoms with van der Waals surface area (Å²) in [7, 11) is -4.74. The normalized spacial score (nSPS) is 24.2. The Morgan fingerprint density at radius 2 is 1.87 bits per heavy atom. The standard InChI is InChI=1S/C22H25N6O8P.2Na/c1-2-23-22(29)27-19-16-20(25-11-24-19)28(12-26-16)21-18-17(14(34-21)10-33-37(30,31)32)35-15(36-18)9-8-13-6-4-3-5-7-13;;/h3-9,11-12,14-15,17-18,21H,2,10H2,1H3,(H2,30,31,32)(H2,23,24,25,27,29);;/b9-8+;;/t14-,15+,17-,18-,21-;;/m1../s1. The molecule has 2 radical (unpaired) electrons. The zero-order valence-electron chi connectivity index (χ0n) is 21.6. The molecule has 4 heterocycles. The van der Waals surface area contributed by atoms with E-state index in [0.29, 0.717) is 17.7 Å². The third-order valence-electron chi connectivity index (χ3n) is 5.72. The first-order valence-electron chi connectivity index (χ1n) is 11.4. The number of fused-ring (bicyclic) bond motifs is 2. The largest absolute Gasteiger partial charge is 0.469 e. The van der Waals surface area contributed by atoms with Crippen molar-refractivity contribution in [2.24, 2.45) is 0 Å². The maximum atomic E-state index is 12.0. The number of imidazole rings is 1. The van der Waals surface area contributed by atoms with Crippen LogP contribution in [0.4, 0.5) is 10.6 Å². The first-order valence-corrected chi connectivity index (χ1v) is 13.0. The van der Waals surface area contributed by atoms with Gasteiger partial charge in [-0.2, -0.15) is 0 Å². The van der Waals surface area contributed by atoms with Crippen LogP contribution >= 0.6 is 7.82 Å². The van der Waals surface area contributed by atoms with Crippen LogP contribution in [-0.4, -0.2) is 132 Å². The molecule has 4 N–H and O–H groups in total. The molecule has 5 rings (SSSR count). The van der Waals surface area contributed by atoms with Crippen molar-refractivity contribution in [1.29, 1.82) is 0 Å². The zero-order valence-corrected chi connectivity index (χ0v) is 26.5. The van der Waals surface area contributed by atoms with Crippen LogP contribution in [0.3, 0.4) is 0 Å². The molecular formula is C22H25N6Na2O8P. The van der Waals surface area contributed by atoms with Gasteiger partial charge in [-0.1, -0.05) is 36.4 Å². The smallest absolute Gasteiger partial charge is 0.347 e. The second-order valence-corrected chi connectivity index (χ2v) is 9.46. The number of urea groups is 1. The minimum atomic E-state index is -4.74. The molecule has 17 heteroatoms. The molecule has 2 aliphatic heterocycles. The average Bonchev–Trinajstić information content (AvgIpc) is 3.56. The SMILES string of the molecule is CCNC(=O)Nc1ncnc2c1ncn2[C@@H]1O[C@H](COP(=O)(O)O)[C@H]2O[C@H](/C=C/c3ccccc3)O[C@H]21.[Na].[Na]. The summed E-state index contributed by atoms with van der Waals surface area (Å²) in [6, 6.07) is 9.14. The van der Waals surface area contributed by atoms with Crippen LogP contribution in [0.2, 0.25) is 0 Å². The number of anilines is 1. The number of amides is 2. The molecule has 0 unspecified atom stereocenters. The quantitative estimate of drug-likeness (QED) is 0.222. The number of carbonyl (C=O) groups is 1. The van der Waals surface area contributed by atoms with E-state index in [9.17, 15) is 19.1 Å². The van der Waals surface area contributed by atoms with E-state index in [1.807, 2.05) is 36.4 Å². The number of aromatic nitrogens is 4. The topological polar surface area (TPSA) is 179 Å². The first-order chi connectivity index (χ1) is 17.8. The van der Waals surface area contributed by atoms with Gasteiger partial charge in [0, 0.05) is 65.7 Å². The van der Waals surface area contributed by atoms with E-state index in [2.05, 4.69) is 25.6 Å². The summed E-state index contributed by atoms with van der Waals surface area (Å²) in [4.78, 5) is 43.1. The van der Waals surface area contributed by atoms with Gasteiger partial charge in [0.05, 0.1) is 12.9 Å². The van der Waals surface area contributed by atoms with Crippen LogP contribution in [0.5, 0.6) is 0 Å². The first kappa shape index (κ1) is 32.3. The van der Waals surface area contributed by atoms with Crippen LogP contribution in [0.1, 0.15) is 18.7 Å². The third kappa shape index (κ3) is 7.74. The second-order valence-electron chi connectivity index (χ2n) is 8.22. The van der Waals surface area contributed by atoms with Gasteiger partial charge in [0.1, 0.15) is 24.6 Å². The predicted molar refractivity (Wildman–Crippen MR) is 140 cm³/mol. The van der Waals surface area contributed by atoms with Crippen molar-refractivity contribution in [2.45, 2.75) is 37.8 Å². The molecular weight excluding hydrogens is 553 g/mol. The van der Waals surface area contributed by atoms with E-state index in [0.717, 1.165) is 5.56 Å². The Morgan fingerprint density at radius 3 is 2.59 bits per heavy atom. The molecule has 39 heavy (non-hydrogen) atoms. The fourth-order valence-electron chi connectivity index (χ4n) is 4.17. The van der Waals surface area contributed by atoms with E-state index in [1.165, 1.54) is 12.7 Å². The molecule has 2 aromatic heterocycles. The van der Waals surface area contributed by atoms with Crippen LogP contribution in [0.25, 0.3) is 17.2 Å². The Hall–Kier alpha value is -1.23. The van der Waals surface area contributed by atoms with Gasteiger partial charge >= 0.3 is 13.9 Å². The van der Waals surface area contributed by atoms with Gasteiger partial charge in [-0.15, -0.1) is 0 Å². The fraction of sp³-hybridized carbons (Fsp3) is 0.364. The molecule has 198 valence electrons. The predicted octanol–water partition coefficient (Wildman–Crippen LogP) is 1.04. The minimum Gasteiger partial charge on any atom is -0.347 e. The van der Waals surface area contributed by atoms with Crippen molar-refractivity contribution in [3.05, 3.63) is 54.6 Å². The minimum absolute atomic E-state index is 0. The van der Waals surface area contributed by atoms with Gasteiger partial charge in [-0.3, -0.25) is 14.4 Å². The number of phosphoric acid groups is 1. The molecule has 2 saturated heterocycles. The van der Waals surface area contributed by atoms with E-state index in [-0.39, 0.29) is 64.9 Å². The van der Waals surface area contributed by atoms with Gasteiger partial charge in [0.25, 0.3) is 0 Å². The summed E-state index contributed by atoms with van der Waals surface area (Å²) in [5.74, 6) is 0.206. The molecule has 1 aromatic carbocycles.